The summed E-state index contributed by atoms with van der Waals surface area (Å²) in [6.07, 6.45) is 9.75. The maximum atomic E-state index is 3.72. The zero-order chi connectivity index (χ0) is 14.1. The molecule has 0 aliphatic heterocycles. The third kappa shape index (κ3) is 6.27. The first kappa shape index (κ1) is 17.0. The van der Waals surface area contributed by atoms with Gasteiger partial charge in [0.1, 0.15) is 0 Å². The van der Waals surface area contributed by atoms with Gasteiger partial charge in [0.15, 0.2) is 0 Å². The van der Waals surface area contributed by atoms with E-state index >= 15 is 0 Å². The first-order chi connectivity index (χ1) is 9.19. The molecule has 2 heteroatoms. The summed E-state index contributed by atoms with van der Waals surface area (Å²) in [5.41, 5.74) is 0. The molecule has 19 heavy (non-hydrogen) atoms. The molecule has 0 heterocycles. The van der Waals surface area contributed by atoms with Gasteiger partial charge in [-0.3, -0.25) is 0 Å². The predicted molar refractivity (Wildman–Crippen MR) is 85.7 cm³/mol. The average Bonchev–Trinajstić information content (AvgIpc) is 2.40. The fourth-order valence-corrected chi connectivity index (χ4v) is 3.38. The number of nitrogens with one attached hydrogen (secondary N) is 1. The van der Waals surface area contributed by atoms with Crippen molar-refractivity contribution in [2.75, 3.05) is 19.6 Å². The largest absolute Gasteiger partial charge is 0.314 e. The number of hydrogen-bond acceptors (Lipinski definition) is 2. The maximum Gasteiger partial charge on any atom is 0.0107 e. The van der Waals surface area contributed by atoms with E-state index in [1.54, 1.807) is 0 Å². The van der Waals surface area contributed by atoms with Gasteiger partial charge in [-0.1, -0.05) is 39.5 Å². The van der Waals surface area contributed by atoms with E-state index in [2.05, 4.69) is 37.9 Å². The zero-order valence-electron chi connectivity index (χ0n) is 13.8. The van der Waals surface area contributed by atoms with Crippen LogP contribution in [0, 0.1) is 5.92 Å². The summed E-state index contributed by atoms with van der Waals surface area (Å²) in [6, 6.07) is 1.47. The summed E-state index contributed by atoms with van der Waals surface area (Å²) in [4.78, 5) is 2.72. The minimum Gasteiger partial charge on any atom is -0.314 e. The van der Waals surface area contributed by atoms with E-state index < -0.39 is 0 Å². The summed E-state index contributed by atoms with van der Waals surface area (Å²) >= 11 is 0. The average molecular weight is 268 g/mol. The lowest BCUT2D eigenvalue weighted by atomic mass is 9.84. The van der Waals surface area contributed by atoms with Crippen molar-refractivity contribution in [3.8, 4) is 0 Å². The van der Waals surface area contributed by atoms with Crippen LogP contribution in [0.5, 0.6) is 0 Å². The third-order valence-corrected chi connectivity index (χ3v) is 4.62. The molecule has 0 aromatic heterocycles. The van der Waals surface area contributed by atoms with Gasteiger partial charge in [0.2, 0.25) is 0 Å². The Labute approximate surface area is 121 Å². The summed E-state index contributed by atoms with van der Waals surface area (Å²) in [7, 11) is 0. The Balaban J connectivity index is 2.45. The minimum absolute atomic E-state index is 0.695. The van der Waals surface area contributed by atoms with Crippen LogP contribution in [-0.2, 0) is 0 Å². The Hall–Kier alpha value is -0.0800. The van der Waals surface area contributed by atoms with Gasteiger partial charge in [0.05, 0.1) is 0 Å². The van der Waals surface area contributed by atoms with E-state index in [4.69, 9.17) is 0 Å². The van der Waals surface area contributed by atoms with Crippen molar-refractivity contribution in [2.45, 2.75) is 84.7 Å². The van der Waals surface area contributed by atoms with E-state index in [9.17, 15) is 0 Å². The van der Waals surface area contributed by atoms with Crippen LogP contribution in [0.25, 0.3) is 0 Å². The lowest BCUT2D eigenvalue weighted by molar-refractivity contribution is 0.140. The van der Waals surface area contributed by atoms with Crippen LogP contribution in [0.3, 0.4) is 0 Å². The van der Waals surface area contributed by atoms with Crippen LogP contribution in [0.1, 0.15) is 72.6 Å². The van der Waals surface area contributed by atoms with Crippen molar-refractivity contribution in [1.29, 1.82) is 0 Å². The normalized spacial score (nSPS) is 24.3. The van der Waals surface area contributed by atoms with Gasteiger partial charge in [-0.15, -0.1) is 0 Å². The number of nitrogens with zero attached hydrogens (tertiary/aromatic N) is 1. The standard InChI is InChI=1S/C17H36N2/c1-5-7-10-13-19(15(3)4)14-16-11-8-9-12-17(16)18-6-2/h15-18H,5-14H2,1-4H3. The molecule has 1 rings (SSSR count). The highest BCUT2D eigenvalue weighted by atomic mass is 15.1. The predicted octanol–water partition coefficient (Wildman–Crippen LogP) is 4.06. The van der Waals surface area contributed by atoms with Crippen molar-refractivity contribution >= 4 is 0 Å². The highest BCUT2D eigenvalue weighted by Crippen LogP contribution is 2.26. The lowest BCUT2D eigenvalue weighted by Crippen LogP contribution is -2.46. The Morgan fingerprint density at radius 1 is 1.11 bits per heavy atom. The molecule has 2 unspecified atom stereocenters. The molecule has 1 fully saturated rings. The summed E-state index contributed by atoms with van der Waals surface area (Å²) < 4.78 is 0. The molecule has 114 valence electrons. The van der Waals surface area contributed by atoms with Crippen molar-refractivity contribution in [2.24, 2.45) is 5.92 Å². The molecule has 0 aromatic carbocycles. The van der Waals surface area contributed by atoms with Crippen LogP contribution in [0.15, 0.2) is 0 Å². The van der Waals surface area contributed by atoms with Crippen molar-refractivity contribution in [1.82, 2.24) is 10.2 Å². The quantitative estimate of drug-likeness (QED) is 0.635. The SMILES string of the molecule is CCCCCN(CC1CCCCC1NCC)C(C)C. The second-order valence-electron chi connectivity index (χ2n) is 6.50. The van der Waals surface area contributed by atoms with Crippen LogP contribution >= 0.6 is 0 Å². The molecular formula is C17H36N2. The fraction of sp³-hybridized carbons (Fsp3) is 1.00. The van der Waals surface area contributed by atoms with Gasteiger partial charge in [-0.25, -0.2) is 0 Å². The second kappa shape index (κ2) is 9.77. The summed E-state index contributed by atoms with van der Waals surface area (Å²) in [5, 5.41) is 3.72. The van der Waals surface area contributed by atoms with E-state index in [0.29, 0.717) is 6.04 Å². The highest BCUT2D eigenvalue weighted by molar-refractivity contribution is 4.83. The lowest BCUT2D eigenvalue weighted by Gasteiger charge is -2.37. The monoisotopic (exact) mass is 268 g/mol. The number of rotatable bonds is 9. The van der Waals surface area contributed by atoms with Gasteiger partial charge in [-0.2, -0.15) is 0 Å². The number of unbranched alkanes of at least 4 members (excludes halogenated alkanes) is 2. The topological polar surface area (TPSA) is 15.3 Å². The molecule has 2 nitrogen and oxygen atoms in total. The molecule has 0 amide bonds. The van der Waals surface area contributed by atoms with Crippen LogP contribution in [0.4, 0.5) is 0 Å². The van der Waals surface area contributed by atoms with Gasteiger partial charge in [0.25, 0.3) is 0 Å². The molecular weight excluding hydrogens is 232 g/mol. The van der Waals surface area contributed by atoms with Gasteiger partial charge >= 0.3 is 0 Å². The second-order valence-corrected chi connectivity index (χ2v) is 6.50. The van der Waals surface area contributed by atoms with E-state index in [1.165, 1.54) is 58.0 Å². The van der Waals surface area contributed by atoms with Crippen LogP contribution in [0.2, 0.25) is 0 Å². The van der Waals surface area contributed by atoms with Gasteiger partial charge < -0.3 is 10.2 Å². The molecule has 1 aliphatic rings. The Morgan fingerprint density at radius 2 is 1.84 bits per heavy atom. The first-order valence-corrected chi connectivity index (χ1v) is 8.66. The molecule has 0 radical (unpaired) electrons. The van der Waals surface area contributed by atoms with E-state index in [-0.39, 0.29) is 0 Å². The Bertz CT molecular complexity index is 213. The van der Waals surface area contributed by atoms with E-state index in [1.807, 2.05) is 0 Å². The van der Waals surface area contributed by atoms with Crippen molar-refractivity contribution < 1.29 is 0 Å². The molecule has 0 saturated heterocycles. The minimum atomic E-state index is 0.695. The first-order valence-electron chi connectivity index (χ1n) is 8.66. The van der Waals surface area contributed by atoms with Crippen LogP contribution in [-0.4, -0.2) is 36.6 Å². The molecule has 1 saturated carbocycles. The van der Waals surface area contributed by atoms with E-state index in [0.717, 1.165) is 18.5 Å². The molecule has 2 atom stereocenters. The van der Waals surface area contributed by atoms with Crippen molar-refractivity contribution in [3.05, 3.63) is 0 Å². The Kier molecular flexibility index (Phi) is 8.72. The highest BCUT2D eigenvalue weighted by Gasteiger charge is 2.26. The molecule has 0 bridgehead atoms. The van der Waals surface area contributed by atoms with Crippen LogP contribution < -0.4 is 5.32 Å². The molecule has 0 spiro atoms. The summed E-state index contributed by atoms with van der Waals surface area (Å²) in [6.45, 7) is 13.0. The zero-order valence-corrected chi connectivity index (χ0v) is 13.8. The molecule has 1 aliphatic carbocycles. The Morgan fingerprint density at radius 3 is 2.47 bits per heavy atom. The molecule has 1 N–H and O–H groups in total. The smallest absolute Gasteiger partial charge is 0.0107 e. The van der Waals surface area contributed by atoms with Gasteiger partial charge in [-0.05, 0) is 52.1 Å². The van der Waals surface area contributed by atoms with Crippen molar-refractivity contribution in [3.63, 3.8) is 0 Å². The summed E-state index contributed by atoms with van der Waals surface area (Å²) in [5.74, 6) is 0.873. The molecule has 0 aromatic rings. The number of hydrogen-bond donors (Lipinski definition) is 1. The third-order valence-electron chi connectivity index (χ3n) is 4.62. The van der Waals surface area contributed by atoms with Gasteiger partial charge in [0, 0.05) is 18.6 Å². The fourth-order valence-electron chi connectivity index (χ4n) is 3.38. The maximum absolute atomic E-state index is 3.72.